The zero-order chi connectivity index (χ0) is 5.15. The molecule has 0 atom stereocenters. The molecule has 0 saturated heterocycles. The summed E-state index contributed by atoms with van der Waals surface area (Å²) in [5, 5.41) is 14.8. The van der Waals surface area contributed by atoms with E-state index in [0.29, 0.717) is 0 Å². The maximum Gasteiger partial charge on any atom is 0.414 e. The summed E-state index contributed by atoms with van der Waals surface area (Å²) < 4.78 is 0. The first-order chi connectivity index (χ1) is 2.64. The Balaban J connectivity index is -0.000000125. The second kappa shape index (κ2) is 8.51. The molecule has 0 aliphatic heterocycles. The molecule has 0 spiro atoms. The van der Waals surface area contributed by atoms with Crippen molar-refractivity contribution in [3.05, 3.63) is 0 Å². The predicted octanol–water partition coefficient (Wildman–Crippen LogP) is -0.844. The second-order valence-corrected chi connectivity index (χ2v) is 0.610. The predicted molar refractivity (Wildman–Crippen MR) is 15.3 cm³/mol. The second-order valence-electron chi connectivity index (χ2n) is 0.610. The van der Waals surface area contributed by atoms with Gasteiger partial charge in [0.25, 0.3) is 0 Å². The van der Waals surface area contributed by atoms with Crippen LogP contribution in [0.25, 0.3) is 0 Å². The first-order valence-corrected chi connectivity index (χ1v) is 1.11. The van der Waals surface area contributed by atoms with E-state index in [4.69, 9.17) is 19.8 Å². The fourth-order valence-electron chi connectivity index (χ4n) is 0. The number of aliphatic carboxylic acids is 2. The molecule has 0 aliphatic rings. The van der Waals surface area contributed by atoms with Crippen LogP contribution in [0.4, 0.5) is 0 Å². The standard InChI is InChI=1S/C2H2O4.Ce.La/c3-1(4)2(5)6;;/h(H,3,4)(H,5,6);;. The minimum atomic E-state index is -1.82. The molecule has 41 valence electrons. The molecule has 0 aromatic heterocycles. The molecular weight excluding hydrogens is 367 g/mol. The number of hydrogen-bond acceptors (Lipinski definition) is 2. The van der Waals surface area contributed by atoms with Crippen LogP contribution in [0.2, 0.25) is 0 Å². The van der Waals surface area contributed by atoms with E-state index in [-0.39, 0.29) is 77.3 Å². The number of carboxylic acids is 2. The summed E-state index contributed by atoms with van der Waals surface area (Å²) >= 11 is 0. The molecule has 0 rings (SSSR count). The maximum absolute atomic E-state index is 9.10. The SMILES string of the molecule is O=C(O)C(=O)O.[Ce].[La]. The minimum absolute atomic E-state index is 0. The normalized spacial score (nSPS) is 5.50. The van der Waals surface area contributed by atoms with Crippen LogP contribution in [-0.2, 0) is 9.59 Å². The smallest absolute Gasteiger partial charge is 0.414 e. The van der Waals surface area contributed by atoms with Gasteiger partial charge in [0.2, 0.25) is 0 Å². The third-order valence-electron chi connectivity index (χ3n) is 0.183. The Morgan fingerprint density at radius 1 is 1.00 bits per heavy atom. The van der Waals surface area contributed by atoms with E-state index in [9.17, 15) is 0 Å². The summed E-state index contributed by atoms with van der Waals surface area (Å²) in [6.07, 6.45) is 0. The average molecular weight is 369 g/mol. The Labute approximate surface area is 107 Å². The number of carbonyl (C=O) groups is 2. The zero-order valence-corrected chi connectivity index (χ0v) is 10.6. The van der Waals surface area contributed by atoms with E-state index in [0.717, 1.165) is 0 Å². The molecule has 8 heavy (non-hydrogen) atoms. The van der Waals surface area contributed by atoms with Crippen LogP contribution in [0, 0.1) is 77.3 Å². The molecule has 6 heteroatoms. The van der Waals surface area contributed by atoms with Crippen LogP contribution in [-0.4, -0.2) is 22.2 Å². The Hall–Kier alpha value is 1.51. The van der Waals surface area contributed by atoms with E-state index < -0.39 is 11.9 Å². The van der Waals surface area contributed by atoms with Crippen molar-refractivity contribution in [3.8, 4) is 0 Å². The van der Waals surface area contributed by atoms with Gasteiger partial charge in [0.15, 0.2) is 0 Å². The molecule has 0 aliphatic carbocycles. The molecule has 0 fully saturated rings. The fraction of sp³-hybridized carbons (Fsp3) is 0. The fourth-order valence-corrected chi connectivity index (χ4v) is 0. The van der Waals surface area contributed by atoms with Crippen LogP contribution >= 0.6 is 0 Å². The van der Waals surface area contributed by atoms with Crippen molar-refractivity contribution in [2.45, 2.75) is 0 Å². The Morgan fingerprint density at radius 3 is 1.12 bits per heavy atom. The summed E-state index contributed by atoms with van der Waals surface area (Å²) in [5.74, 6) is -3.65. The van der Waals surface area contributed by atoms with Crippen molar-refractivity contribution >= 4 is 11.9 Å². The molecule has 0 amide bonds. The summed E-state index contributed by atoms with van der Waals surface area (Å²) in [7, 11) is 0. The first kappa shape index (κ1) is 16.3. The number of rotatable bonds is 0. The molecule has 0 aromatic rings. The summed E-state index contributed by atoms with van der Waals surface area (Å²) in [6.45, 7) is 0. The first-order valence-electron chi connectivity index (χ1n) is 1.11. The Morgan fingerprint density at radius 2 is 1.12 bits per heavy atom. The van der Waals surface area contributed by atoms with Gasteiger partial charge in [0.1, 0.15) is 0 Å². The average Bonchev–Trinajstić information content (AvgIpc) is 1.36. The summed E-state index contributed by atoms with van der Waals surface area (Å²) in [5.41, 5.74) is 0. The molecule has 0 unspecified atom stereocenters. The topological polar surface area (TPSA) is 74.6 Å². The van der Waals surface area contributed by atoms with Crippen LogP contribution in [0.15, 0.2) is 0 Å². The number of hydrogen-bond donors (Lipinski definition) is 2. The molecule has 0 saturated carbocycles. The van der Waals surface area contributed by atoms with Gasteiger partial charge in [0.05, 0.1) is 0 Å². The van der Waals surface area contributed by atoms with Crippen LogP contribution in [0.5, 0.6) is 0 Å². The van der Waals surface area contributed by atoms with Crippen molar-refractivity contribution in [2.24, 2.45) is 0 Å². The van der Waals surface area contributed by atoms with Gasteiger partial charge in [-0.3, -0.25) is 0 Å². The van der Waals surface area contributed by atoms with Crippen LogP contribution < -0.4 is 0 Å². The Kier molecular flexibility index (Phi) is 17.3. The van der Waals surface area contributed by atoms with Gasteiger partial charge >= 0.3 is 11.9 Å². The van der Waals surface area contributed by atoms with E-state index in [1.807, 2.05) is 0 Å². The summed E-state index contributed by atoms with van der Waals surface area (Å²) in [4.78, 5) is 18.2. The molecular formula is C2H2CeLaO4. The van der Waals surface area contributed by atoms with E-state index in [1.165, 1.54) is 0 Å². The van der Waals surface area contributed by atoms with Gasteiger partial charge in [-0.15, -0.1) is 0 Å². The third kappa shape index (κ3) is 10.5. The van der Waals surface area contributed by atoms with E-state index >= 15 is 0 Å². The van der Waals surface area contributed by atoms with Gasteiger partial charge in [0, 0.05) is 77.3 Å². The quantitative estimate of drug-likeness (QED) is 0.546. The van der Waals surface area contributed by atoms with E-state index in [2.05, 4.69) is 0 Å². The van der Waals surface area contributed by atoms with Gasteiger partial charge < -0.3 is 10.2 Å². The van der Waals surface area contributed by atoms with Crippen LogP contribution in [0.3, 0.4) is 0 Å². The minimum Gasteiger partial charge on any atom is -0.473 e. The van der Waals surface area contributed by atoms with Crippen molar-refractivity contribution in [1.82, 2.24) is 0 Å². The van der Waals surface area contributed by atoms with Crippen LogP contribution in [0.1, 0.15) is 0 Å². The van der Waals surface area contributed by atoms with Gasteiger partial charge in [-0.2, -0.15) is 0 Å². The monoisotopic (exact) mass is 369 g/mol. The zero-order valence-electron chi connectivity index (χ0n) is 3.79. The molecule has 4 nitrogen and oxygen atoms in total. The van der Waals surface area contributed by atoms with Crippen molar-refractivity contribution in [3.63, 3.8) is 0 Å². The van der Waals surface area contributed by atoms with Crippen molar-refractivity contribution < 1.29 is 97.1 Å². The number of carboxylic acid groups (broad SMARTS) is 2. The molecule has 2 N–H and O–H groups in total. The van der Waals surface area contributed by atoms with E-state index in [1.54, 1.807) is 0 Å². The molecule has 0 bridgehead atoms. The van der Waals surface area contributed by atoms with Crippen molar-refractivity contribution in [1.29, 1.82) is 0 Å². The summed E-state index contributed by atoms with van der Waals surface area (Å²) in [6, 6.07) is 0. The van der Waals surface area contributed by atoms with Gasteiger partial charge in [-0.25, -0.2) is 9.59 Å². The largest absolute Gasteiger partial charge is 0.473 e. The van der Waals surface area contributed by atoms with Crippen molar-refractivity contribution in [2.75, 3.05) is 0 Å². The van der Waals surface area contributed by atoms with Gasteiger partial charge in [-0.1, -0.05) is 0 Å². The third-order valence-corrected chi connectivity index (χ3v) is 0.183. The Bertz CT molecular complexity index is 80.0. The van der Waals surface area contributed by atoms with Gasteiger partial charge in [-0.05, 0) is 0 Å². The molecule has 0 aromatic carbocycles. The molecule has 0 heterocycles. The molecule has 1 radical (unpaired) electrons. The maximum atomic E-state index is 9.10.